The Hall–Kier alpha value is -0.810. The lowest BCUT2D eigenvalue weighted by Crippen LogP contribution is -2.38. The summed E-state index contributed by atoms with van der Waals surface area (Å²) in [7, 11) is 0. The van der Waals surface area contributed by atoms with Crippen molar-refractivity contribution in [3.63, 3.8) is 0 Å². The van der Waals surface area contributed by atoms with E-state index in [1.54, 1.807) is 0 Å². The van der Waals surface area contributed by atoms with E-state index in [1.807, 2.05) is 19.1 Å². The first-order chi connectivity index (χ1) is 11.6. The van der Waals surface area contributed by atoms with Crippen LogP contribution in [-0.2, 0) is 26.3 Å². The molecule has 24 heavy (non-hydrogen) atoms. The highest BCUT2D eigenvalue weighted by Crippen LogP contribution is 2.44. The second-order valence-corrected chi connectivity index (χ2v) is 7.33. The van der Waals surface area contributed by atoms with Crippen molar-refractivity contribution in [3.05, 3.63) is 33.3 Å². The van der Waals surface area contributed by atoms with Crippen LogP contribution in [0.1, 0.15) is 43.7 Å². The number of esters is 1. The van der Waals surface area contributed by atoms with Gasteiger partial charge in [-0.05, 0) is 42.9 Å². The van der Waals surface area contributed by atoms with Gasteiger partial charge in [0.15, 0.2) is 0 Å². The molecule has 2 atom stereocenters. The molecular formula is C18H23Cl2NO3. The Labute approximate surface area is 152 Å². The quantitative estimate of drug-likeness (QED) is 0.739. The first-order valence-electron chi connectivity index (χ1n) is 8.56. The molecule has 2 fully saturated rings. The summed E-state index contributed by atoms with van der Waals surface area (Å²) in [5, 5.41) is 4.59. The standard InChI is InChI=1S/C18H23Cl2NO3/c1-2-8-23-16(22)5-3-4-13-14(6-7-15(19)17(13)20)18-9-12(10-24-18)21-11-18/h6-7,12,21H,2-5,8-11H2,1H3. The van der Waals surface area contributed by atoms with Gasteiger partial charge in [-0.15, -0.1) is 0 Å². The number of ether oxygens (including phenoxy) is 2. The third-order valence-corrected chi connectivity index (χ3v) is 5.62. The number of benzene rings is 1. The molecule has 0 radical (unpaired) electrons. The minimum Gasteiger partial charge on any atom is -0.466 e. The van der Waals surface area contributed by atoms with E-state index >= 15 is 0 Å². The van der Waals surface area contributed by atoms with Crippen molar-refractivity contribution in [3.8, 4) is 0 Å². The summed E-state index contributed by atoms with van der Waals surface area (Å²) in [6.07, 6.45) is 3.55. The minimum absolute atomic E-state index is 0.158. The monoisotopic (exact) mass is 371 g/mol. The van der Waals surface area contributed by atoms with Crippen LogP contribution in [0.25, 0.3) is 0 Å². The van der Waals surface area contributed by atoms with Crippen LogP contribution in [0.2, 0.25) is 10.0 Å². The van der Waals surface area contributed by atoms with Crippen molar-refractivity contribution in [1.82, 2.24) is 5.32 Å². The topological polar surface area (TPSA) is 47.6 Å². The van der Waals surface area contributed by atoms with Gasteiger partial charge >= 0.3 is 5.97 Å². The fraction of sp³-hybridized carbons (Fsp3) is 0.611. The van der Waals surface area contributed by atoms with E-state index in [9.17, 15) is 4.79 Å². The zero-order valence-electron chi connectivity index (χ0n) is 13.9. The van der Waals surface area contributed by atoms with Crippen LogP contribution in [0.5, 0.6) is 0 Å². The maximum absolute atomic E-state index is 11.7. The van der Waals surface area contributed by atoms with Gasteiger partial charge in [-0.2, -0.15) is 0 Å². The Balaban J connectivity index is 1.74. The van der Waals surface area contributed by atoms with Gasteiger partial charge in [-0.25, -0.2) is 0 Å². The minimum atomic E-state index is -0.309. The molecule has 0 spiro atoms. The van der Waals surface area contributed by atoms with Crippen molar-refractivity contribution in [1.29, 1.82) is 0 Å². The maximum atomic E-state index is 11.7. The number of carbonyl (C=O) groups excluding carboxylic acids is 1. The van der Waals surface area contributed by atoms with Crippen LogP contribution in [0.15, 0.2) is 12.1 Å². The summed E-state index contributed by atoms with van der Waals surface area (Å²) in [4.78, 5) is 11.7. The highest BCUT2D eigenvalue weighted by atomic mass is 35.5. The first-order valence-corrected chi connectivity index (χ1v) is 9.31. The summed E-state index contributed by atoms with van der Waals surface area (Å²) >= 11 is 12.7. The second-order valence-electron chi connectivity index (χ2n) is 6.55. The molecule has 6 heteroatoms. The van der Waals surface area contributed by atoms with Gasteiger partial charge in [0.05, 0.1) is 23.3 Å². The van der Waals surface area contributed by atoms with Gasteiger partial charge < -0.3 is 14.8 Å². The molecule has 2 unspecified atom stereocenters. The predicted octanol–water partition coefficient (Wildman–Crippen LogP) is 3.86. The number of morpholine rings is 1. The zero-order chi connectivity index (χ0) is 17.2. The normalized spacial score (nSPS) is 25.2. The zero-order valence-corrected chi connectivity index (χ0v) is 15.4. The van der Waals surface area contributed by atoms with E-state index in [0.29, 0.717) is 42.0 Å². The number of rotatable bonds is 7. The largest absolute Gasteiger partial charge is 0.466 e. The molecule has 2 aliphatic rings. The van der Waals surface area contributed by atoms with E-state index in [0.717, 1.165) is 37.1 Å². The molecule has 2 aliphatic heterocycles. The van der Waals surface area contributed by atoms with Gasteiger partial charge in [-0.3, -0.25) is 4.79 Å². The molecule has 1 N–H and O–H groups in total. The van der Waals surface area contributed by atoms with E-state index in [4.69, 9.17) is 32.7 Å². The average Bonchev–Trinajstić information content (AvgIpc) is 3.18. The number of nitrogens with one attached hydrogen (secondary N) is 1. The van der Waals surface area contributed by atoms with Gasteiger partial charge in [0.25, 0.3) is 0 Å². The molecular weight excluding hydrogens is 349 g/mol. The molecule has 1 aromatic rings. The summed E-state index contributed by atoms with van der Waals surface area (Å²) < 4.78 is 11.2. The maximum Gasteiger partial charge on any atom is 0.305 e. The van der Waals surface area contributed by atoms with Gasteiger partial charge in [0.2, 0.25) is 0 Å². The Morgan fingerprint density at radius 3 is 2.92 bits per heavy atom. The van der Waals surface area contributed by atoms with Crippen molar-refractivity contribution >= 4 is 29.2 Å². The van der Waals surface area contributed by atoms with Crippen molar-refractivity contribution in [2.75, 3.05) is 19.8 Å². The van der Waals surface area contributed by atoms with Crippen molar-refractivity contribution in [2.24, 2.45) is 0 Å². The fourth-order valence-electron chi connectivity index (χ4n) is 3.58. The summed E-state index contributed by atoms with van der Waals surface area (Å²) in [6.45, 7) is 3.98. The van der Waals surface area contributed by atoms with Crippen LogP contribution in [-0.4, -0.2) is 31.8 Å². The highest BCUT2D eigenvalue weighted by molar-refractivity contribution is 6.42. The van der Waals surface area contributed by atoms with Gasteiger partial charge in [0, 0.05) is 19.0 Å². The third-order valence-electron chi connectivity index (χ3n) is 4.78. The lowest BCUT2D eigenvalue weighted by Gasteiger charge is -2.30. The molecule has 2 bridgehead atoms. The van der Waals surface area contributed by atoms with Gasteiger partial charge in [-0.1, -0.05) is 36.2 Å². The van der Waals surface area contributed by atoms with Crippen LogP contribution in [0.3, 0.4) is 0 Å². The third kappa shape index (κ3) is 3.57. The lowest BCUT2D eigenvalue weighted by molar-refractivity contribution is -0.143. The molecule has 1 aromatic carbocycles. The molecule has 3 rings (SSSR count). The number of hydrogen-bond donors (Lipinski definition) is 1. The fourth-order valence-corrected chi connectivity index (χ4v) is 4.02. The number of halogens is 2. The van der Waals surface area contributed by atoms with E-state index in [2.05, 4.69) is 5.32 Å². The molecule has 2 heterocycles. The Morgan fingerprint density at radius 1 is 1.46 bits per heavy atom. The average molecular weight is 372 g/mol. The molecule has 4 nitrogen and oxygen atoms in total. The molecule has 0 aromatic heterocycles. The smallest absolute Gasteiger partial charge is 0.305 e. The summed E-state index contributed by atoms with van der Waals surface area (Å²) in [5.41, 5.74) is 1.79. The molecule has 2 saturated heterocycles. The lowest BCUT2D eigenvalue weighted by atomic mass is 9.87. The van der Waals surface area contributed by atoms with Gasteiger partial charge in [0.1, 0.15) is 5.60 Å². The summed E-state index contributed by atoms with van der Waals surface area (Å²) in [6, 6.07) is 4.27. The van der Waals surface area contributed by atoms with Crippen LogP contribution >= 0.6 is 23.2 Å². The van der Waals surface area contributed by atoms with Crippen LogP contribution in [0, 0.1) is 0 Å². The SMILES string of the molecule is CCCOC(=O)CCCc1c(C23CNC(CO2)C3)ccc(Cl)c1Cl. The van der Waals surface area contributed by atoms with E-state index in [1.165, 1.54) is 0 Å². The Kier molecular flexibility index (Phi) is 5.70. The molecule has 132 valence electrons. The second kappa shape index (κ2) is 7.61. The Bertz CT molecular complexity index is 613. The first kappa shape index (κ1) is 18.0. The van der Waals surface area contributed by atoms with Crippen molar-refractivity contribution < 1.29 is 14.3 Å². The molecule has 0 saturated carbocycles. The molecule has 0 amide bonds. The van der Waals surface area contributed by atoms with E-state index in [-0.39, 0.29) is 11.6 Å². The number of hydrogen-bond acceptors (Lipinski definition) is 4. The van der Waals surface area contributed by atoms with Crippen molar-refractivity contribution in [2.45, 2.75) is 50.7 Å². The number of carbonyl (C=O) groups is 1. The molecule has 0 aliphatic carbocycles. The highest BCUT2D eigenvalue weighted by Gasteiger charge is 2.48. The van der Waals surface area contributed by atoms with E-state index < -0.39 is 0 Å². The van der Waals surface area contributed by atoms with Crippen LogP contribution in [0.4, 0.5) is 0 Å². The summed E-state index contributed by atoms with van der Waals surface area (Å²) in [5.74, 6) is -0.158. The number of fused-ring (bicyclic) bond motifs is 2. The predicted molar refractivity (Wildman–Crippen MR) is 94.7 cm³/mol. The van der Waals surface area contributed by atoms with Crippen LogP contribution < -0.4 is 5.32 Å². The Morgan fingerprint density at radius 2 is 2.29 bits per heavy atom.